The minimum Gasteiger partial charge on any atom is -0.316 e. The van der Waals surface area contributed by atoms with E-state index in [-0.39, 0.29) is 0 Å². The minimum atomic E-state index is 0.676. The maximum absolute atomic E-state index is 4.73. The first kappa shape index (κ1) is 11.4. The predicted octanol–water partition coefficient (Wildman–Crippen LogP) is 3.65. The molecule has 0 saturated carbocycles. The molecular weight excluding hydrogens is 248 g/mol. The maximum atomic E-state index is 4.73. The molecule has 0 aliphatic carbocycles. The summed E-state index contributed by atoms with van der Waals surface area (Å²) in [4.78, 5) is 7.52. The Hall–Kier alpha value is -0.710. The van der Waals surface area contributed by atoms with Crippen LogP contribution in [0.5, 0.6) is 0 Å². The number of aryl methyl sites for hydroxylation is 1. The lowest BCUT2D eigenvalue weighted by Gasteiger charge is -2.21. The first-order valence-electron chi connectivity index (χ1n) is 6.06. The second-order valence-electron chi connectivity index (χ2n) is 4.49. The number of thiazole rings is 1. The molecule has 0 bridgehead atoms. The van der Waals surface area contributed by atoms with Crippen LogP contribution in [0.1, 0.15) is 29.3 Å². The van der Waals surface area contributed by atoms with Gasteiger partial charge in [0.2, 0.25) is 0 Å². The second kappa shape index (κ2) is 4.88. The van der Waals surface area contributed by atoms with Crippen molar-refractivity contribution in [2.45, 2.75) is 25.7 Å². The molecule has 2 aromatic rings. The van der Waals surface area contributed by atoms with Gasteiger partial charge in [-0.1, -0.05) is 6.07 Å². The van der Waals surface area contributed by atoms with Crippen LogP contribution < -0.4 is 5.32 Å². The van der Waals surface area contributed by atoms with E-state index in [2.05, 4.69) is 29.8 Å². The van der Waals surface area contributed by atoms with E-state index in [4.69, 9.17) is 4.98 Å². The van der Waals surface area contributed by atoms with Gasteiger partial charge in [0.25, 0.3) is 0 Å². The summed E-state index contributed by atoms with van der Waals surface area (Å²) >= 11 is 3.66. The zero-order valence-electron chi connectivity index (χ0n) is 9.90. The van der Waals surface area contributed by atoms with Gasteiger partial charge in [0, 0.05) is 17.3 Å². The molecule has 1 saturated heterocycles. The van der Waals surface area contributed by atoms with Gasteiger partial charge < -0.3 is 5.32 Å². The van der Waals surface area contributed by atoms with Crippen molar-refractivity contribution in [3.05, 3.63) is 28.1 Å². The lowest BCUT2D eigenvalue weighted by Crippen LogP contribution is -2.28. The summed E-state index contributed by atoms with van der Waals surface area (Å²) in [7, 11) is 0. The molecule has 90 valence electrons. The van der Waals surface area contributed by atoms with E-state index in [0.717, 1.165) is 6.54 Å². The van der Waals surface area contributed by atoms with Gasteiger partial charge >= 0.3 is 0 Å². The number of rotatable bonds is 2. The summed E-state index contributed by atoms with van der Waals surface area (Å²) in [6, 6.07) is 4.25. The molecule has 3 rings (SSSR count). The highest BCUT2D eigenvalue weighted by atomic mass is 32.1. The Balaban J connectivity index is 1.90. The van der Waals surface area contributed by atoms with Gasteiger partial charge in [0.1, 0.15) is 5.01 Å². The summed E-state index contributed by atoms with van der Waals surface area (Å²) in [6.07, 6.45) is 2.59. The van der Waals surface area contributed by atoms with Crippen LogP contribution in [0.15, 0.2) is 17.5 Å². The molecule has 0 amide bonds. The number of piperidine rings is 1. The maximum Gasteiger partial charge on any atom is 0.133 e. The van der Waals surface area contributed by atoms with Gasteiger partial charge in [-0.25, -0.2) is 4.98 Å². The van der Waals surface area contributed by atoms with Crippen LogP contribution in [-0.4, -0.2) is 18.1 Å². The third-order valence-electron chi connectivity index (χ3n) is 3.23. The molecule has 0 aromatic carbocycles. The van der Waals surface area contributed by atoms with Crippen molar-refractivity contribution >= 4 is 22.7 Å². The average Bonchev–Trinajstić information content (AvgIpc) is 2.99. The molecule has 1 fully saturated rings. The number of nitrogens with one attached hydrogen (secondary N) is 1. The number of thiophene rings is 1. The standard InChI is InChI=1S/C13H16N2S2/c1-9-12(10-4-2-6-14-8-10)17-13(15-9)11-5-3-7-16-11/h3,5,7,10,14H,2,4,6,8H2,1H3. The Morgan fingerprint density at radius 2 is 2.41 bits per heavy atom. The molecule has 2 aromatic heterocycles. The molecule has 1 unspecified atom stereocenters. The lowest BCUT2D eigenvalue weighted by atomic mass is 9.97. The summed E-state index contributed by atoms with van der Waals surface area (Å²) in [5.41, 5.74) is 1.23. The zero-order chi connectivity index (χ0) is 11.7. The Kier molecular flexibility index (Phi) is 3.27. The van der Waals surface area contributed by atoms with Crippen molar-refractivity contribution in [3.63, 3.8) is 0 Å². The van der Waals surface area contributed by atoms with Gasteiger partial charge in [0.15, 0.2) is 0 Å². The largest absolute Gasteiger partial charge is 0.316 e. The van der Waals surface area contributed by atoms with Crippen molar-refractivity contribution in [1.82, 2.24) is 10.3 Å². The Labute approximate surface area is 110 Å². The SMILES string of the molecule is Cc1nc(-c2cccs2)sc1C1CCCNC1. The molecule has 2 nitrogen and oxygen atoms in total. The molecule has 4 heteroatoms. The van der Waals surface area contributed by atoms with E-state index in [0.29, 0.717) is 5.92 Å². The average molecular weight is 264 g/mol. The molecule has 1 aliphatic rings. The number of hydrogen-bond donors (Lipinski definition) is 1. The lowest BCUT2D eigenvalue weighted by molar-refractivity contribution is 0.464. The molecule has 17 heavy (non-hydrogen) atoms. The molecule has 1 aliphatic heterocycles. The van der Waals surface area contributed by atoms with Gasteiger partial charge in [0.05, 0.1) is 10.6 Å². The Morgan fingerprint density at radius 3 is 3.12 bits per heavy atom. The third kappa shape index (κ3) is 2.30. The Bertz CT molecular complexity index is 481. The fourth-order valence-electron chi connectivity index (χ4n) is 2.37. The molecule has 0 radical (unpaired) electrons. The predicted molar refractivity (Wildman–Crippen MR) is 75.0 cm³/mol. The van der Waals surface area contributed by atoms with Crippen molar-refractivity contribution < 1.29 is 0 Å². The van der Waals surface area contributed by atoms with Gasteiger partial charge in [-0.15, -0.1) is 22.7 Å². The first-order valence-corrected chi connectivity index (χ1v) is 7.76. The van der Waals surface area contributed by atoms with Crippen LogP contribution in [0, 0.1) is 6.92 Å². The number of nitrogens with zero attached hydrogens (tertiary/aromatic N) is 1. The Morgan fingerprint density at radius 1 is 1.47 bits per heavy atom. The van der Waals surface area contributed by atoms with E-state index >= 15 is 0 Å². The quantitative estimate of drug-likeness (QED) is 0.895. The molecule has 3 heterocycles. The van der Waals surface area contributed by atoms with Gasteiger partial charge in [-0.05, 0) is 37.8 Å². The highest BCUT2D eigenvalue weighted by molar-refractivity contribution is 7.21. The van der Waals surface area contributed by atoms with Crippen LogP contribution in [0.4, 0.5) is 0 Å². The van der Waals surface area contributed by atoms with E-state index in [1.165, 1.54) is 39.8 Å². The zero-order valence-corrected chi connectivity index (χ0v) is 11.5. The van der Waals surface area contributed by atoms with Crippen molar-refractivity contribution in [2.24, 2.45) is 0 Å². The van der Waals surface area contributed by atoms with E-state index < -0.39 is 0 Å². The van der Waals surface area contributed by atoms with Crippen LogP contribution >= 0.6 is 22.7 Å². The smallest absolute Gasteiger partial charge is 0.133 e. The van der Waals surface area contributed by atoms with Crippen LogP contribution in [0.25, 0.3) is 9.88 Å². The molecule has 0 spiro atoms. The summed E-state index contributed by atoms with van der Waals surface area (Å²) < 4.78 is 0. The van der Waals surface area contributed by atoms with Crippen molar-refractivity contribution in [3.8, 4) is 9.88 Å². The fourth-order valence-corrected chi connectivity index (χ4v) is 4.37. The summed E-state index contributed by atoms with van der Waals surface area (Å²) in [6.45, 7) is 4.44. The van der Waals surface area contributed by atoms with Crippen LogP contribution in [0.3, 0.4) is 0 Å². The topological polar surface area (TPSA) is 24.9 Å². The van der Waals surface area contributed by atoms with E-state index in [1.54, 1.807) is 11.3 Å². The normalized spacial score (nSPS) is 20.6. The number of aromatic nitrogens is 1. The molecular formula is C13H16N2S2. The molecule has 1 atom stereocenters. The highest BCUT2D eigenvalue weighted by Gasteiger charge is 2.21. The second-order valence-corrected chi connectivity index (χ2v) is 6.47. The summed E-state index contributed by atoms with van der Waals surface area (Å²) in [5.74, 6) is 0.676. The number of hydrogen-bond acceptors (Lipinski definition) is 4. The van der Waals surface area contributed by atoms with Crippen LogP contribution in [0.2, 0.25) is 0 Å². The van der Waals surface area contributed by atoms with Crippen LogP contribution in [-0.2, 0) is 0 Å². The van der Waals surface area contributed by atoms with Gasteiger partial charge in [-0.3, -0.25) is 0 Å². The van der Waals surface area contributed by atoms with Crippen molar-refractivity contribution in [1.29, 1.82) is 0 Å². The summed E-state index contributed by atoms with van der Waals surface area (Å²) in [5, 5.41) is 6.80. The monoisotopic (exact) mass is 264 g/mol. The van der Waals surface area contributed by atoms with E-state index in [1.807, 2.05) is 11.3 Å². The molecule has 1 N–H and O–H groups in total. The highest BCUT2D eigenvalue weighted by Crippen LogP contribution is 2.36. The fraction of sp³-hybridized carbons (Fsp3) is 0.462. The van der Waals surface area contributed by atoms with Gasteiger partial charge in [-0.2, -0.15) is 0 Å². The first-order chi connectivity index (χ1) is 8.34. The third-order valence-corrected chi connectivity index (χ3v) is 5.59. The van der Waals surface area contributed by atoms with Crippen molar-refractivity contribution in [2.75, 3.05) is 13.1 Å². The van der Waals surface area contributed by atoms with E-state index in [9.17, 15) is 0 Å². The minimum absolute atomic E-state index is 0.676.